The molecule has 6 nitrogen and oxygen atoms in total. The van der Waals surface area contributed by atoms with Gasteiger partial charge in [-0.25, -0.2) is 17.5 Å². The number of benzene rings is 1. The zero-order valence-electron chi connectivity index (χ0n) is 17.8. The normalized spacial score (nSPS) is 24.1. The highest BCUT2D eigenvalue weighted by atomic mass is 35.5. The van der Waals surface area contributed by atoms with E-state index in [2.05, 4.69) is 30.4 Å². The first kappa shape index (κ1) is 23.4. The molecule has 2 fully saturated rings. The van der Waals surface area contributed by atoms with E-state index in [0.717, 1.165) is 38.3 Å². The minimum Gasteiger partial charge on any atom is -0.340 e. The van der Waals surface area contributed by atoms with E-state index >= 15 is 0 Å². The molecular weight excluding hydrogens is 429 g/mol. The second-order valence-electron chi connectivity index (χ2n) is 9.23. The van der Waals surface area contributed by atoms with Crippen molar-refractivity contribution < 1.29 is 17.6 Å². The summed E-state index contributed by atoms with van der Waals surface area (Å²) in [6.45, 7) is 9.81. The van der Waals surface area contributed by atoms with Gasteiger partial charge in [-0.05, 0) is 64.7 Å². The van der Waals surface area contributed by atoms with Gasteiger partial charge in [0.15, 0.2) is 0 Å². The third-order valence-electron chi connectivity index (χ3n) is 6.14. The predicted molar refractivity (Wildman–Crippen MR) is 115 cm³/mol. The molecule has 1 aromatic rings. The fraction of sp³-hybridized carbons (Fsp3) is 0.667. The Balaban J connectivity index is 1.51. The summed E-state index contributed by atoms with van der Waals surface area (Å²) in [4.78, 5) is 17.2. The molecule has 168 valence electrons. The second-order valence-corrected chi connectivity index (χ2v) is 11.4. The number of carbonyl (C=O) groups excluding carboxylic acids is 1. The molecule has 0 atom stereocenters. The van der Waals surface area contributed by atoms with Crippen molar-refractivity contribution in [3.05, 3.63) is 29.0 Å². The molecule has 0 spiro atoms. The molecule has 0 unspecified atom stereocenters. The van der Waals surface area contributed by atoms with Crippen LogP contribution in [-0.2, 0) is 14.8 Å². The van der Waals surface area contributed by atoms with Crippen LogP contribution in [0.25, 0.3) is 0 Å². The van der Waals surface area contributed by atoms with Crippen LogP contribution in [0.1, 0.15) is 46.5 Å². The zero-order valence-corrected chi connectivity index (χ0v) is 19.4. The van der Waals surface area contributed by atoms with Crippen LogP contribution in [0.15, 0.2) is 23.1 Å². The molecule has 9 heteroatoms. The SMILES string of the molecule is CC(C)(C)N1CCN(C(=O)C2CCC(NS(=O)(=O)c3ccc(F)c(Cl)c3)CC2)CC1. The molecule has 1 aliphatic carbocycles. The van der Waals surface area contributed by atoms with Gasteiger partial charge in [-0.3, -0.25) is 9.69 Å². The van der Waals surface area contributed by atoms with Crippen molar-refractivity contribution in [2.75, 3.05) is 26.2 Å². The fourth-order valence-corrected chi connectivity index (χ4v) is 5.82. The minimum atomic E-state index is -3.78. The zero-order chi connectivity index (χ0) is 22.1. The van der Waals surface area contributed by atoms with Crippen LogP contribution in [0, 0.1) is 11.7 Å². The molecule has 3 rings (SSSR count). The first-order chi connectivity index (χ1) is 14.0. The lowest BCUT2D eigenvalue weighted by atomic mass is 9.85. The Morgan fingerprint density at radius 1 is 1.10 bits per heavy atom. The van der Waals surface area contributed by atoms with Crippen LogP contribution in [0.2, 0.25) is 5.02 Å². The number of nitrogens with one attached hydrogen (secondary N) is 1. The molecular formula is C21H31ClFN3O3S. The molecule has 2 aliphatic rings. The minimum absolute atomic E-state index is 0.0489. The lowest BCUT2D eigenvalue weighted by molar-refractivity contribution is -0.139. The van der Waals surface area contributed by atoms with Crippen molar-refractivity contribution in [3.8, 4) is 0 Å². The Morgan fingerprint density at radius 2 is 1.70 bits per heavy atom. The van der Waals surface area contributed by atoms with E-state index in [1.807, 2.05) is 4.90 Å². The first-order valence-corrected chi connectivity index (χ1v) is 12.3. The van der Waals surface area contributed by atoms with Crippen LogP contribution < -0.4 is 4.72 Å². The molecule has 1 N–H and O–H groups in total. The van der Waals surface area contributed by atoms with E-state index in [4.69, 9.17) is 11.6 Å². The topological polar surface area (TPSA) is 69.7 Å². The monoisotopic (exact) mass is 459 g/mol. The van der Waals surface area contributed by atoms with Gasteiger partial charge in [-0.15, -0.1) is 0 Å². The van der Waals surface area contributed by atoms with Gasteiger partial charge < -0.3 is 4.90 Å². The Morgan fingerprint density at radius 3 is 2.23 bits per heavy atom. The predicted octanol–water partition coefficient (Wildman–Crippen LogP) is 3.26. The van der Waals surface area contributed by atoms with Crippen molar-refractivity contribution in [2.24, 2.45) is 5.92 Å². The maximum absolute atomic E-state index is 13.3. The Hall–Kier alpha value is -1.22. The van der Waals surface area contributed by atoms with Gasteiger partial charge in [0.05, 0.1) is 9.92 Å². The molecule has 1 aromatic carbocycles. The smallest absolute Gasteiger partial charge is 0.240 e. The summed E-state index contributed by atoms with van der Waals surface area (Å²) in [5.74, 6) is -0.514. The summed E-state index contributed by atoms with van der Waals surface area (Å²) < 4.78 is 41.1. The summed E-state index contributed by atoms with van der Waals surface area (Å²) in [6.07, 6.45) is 2.53. The summed E-state index contributed by atoms with van der Waals surface area (Å²) in [7, 11) is -3.78. The molecule has 1 heterocycles. The van der Waals surface area contributed by atoms with E-state index in [9.17, 15) is 17.6 Å². The van der Waals surface area contributed by atoms with Crippen molar-refractivity contribution in [3.63, 3.8) is 0 Å². The number of hydrogen-bond acceptors (Lipinski definition) is 4. The maximum Gasteiger partial charge on any atom is 0.240 e. The number of hydrogen-bond donors (Lipinski definition) is 1. The van der Waals surface area contributed by atoms with Gasteiger partial charge in [0.1, 0.15) is 5.82 Å². The van der Waals surface area contributed by atoms with Crippen LogP contribution in [0.3, 0.4) is 0 Å². The maximum atomic E-state index is 13.3. The lowest BCUT2D eigenvalue weighted by Gasteiger charge is -2.43. The third-order valence-corrected chi connectivity index (χ3v) is 7.95. The summed E-state index contributed by atoms with van der Waals surface area (Å²) in [6, 6.07) is 3.13. The van der Waals surface area contributed by atoms with Gasteiger partial charge in [-0.1, -0.05) is 11.6 Å². The van der Waals surface area contributed by atoms with E-state index in [1.54, 1.807) is 0 Å². The average molecular weight is 460 g/mol. The summed E-state index contributed by atoms with van der Waals surface area (Å²) >= 11 is 5.71. The Kier molecular flexibility index (Phi) is 7.11. The molecule has 1 amide bonds. The lowest BCUT2D eigenvalue weighted by Crippen LogP contribution is -2.55. The van der Waals surface area contributed by atoms with Crippen LogP contribution >= 0.6 is 11.6 Å². The average Bonchev–Trinajstić information content (AvgIpc) is 2.69. The summed E-state index contributed by atoms with van der Waals surface area (Å²) in [5.41, 5.74) is 0.110. The number of sulfonamides is 1. The molecule has 0 radical (unpaired) electrons. The van der Waals surface area contributed by atoms with E-state index < -0.39 is 15.8 Å². The Bertz CT molecular complexity index is 872. The molecule has 30 heavy (non-hydrogen) atoms. The molecule has 0 bridgehead atoms. The number of amides is 1. The number of piperazine rings is 1. The Labute approximate surface area is 183 Å². The van der Waals surface area contributed by atoms with E-state index in [0.29, 0.717) is 25.7 Å². The highest BCUT2D eigenvalue weighted by Gasteiger charge is 2.34. The van der Waals surface area contributed by atoms with Gasteiger partial charge in [-0.2, -0.15) is 0 Å². The number of rotatable bonds is 4. The largest absolute Gasteiger partial charge is 0.340 e. The quantitative estimate of drug-likeness (QED) is 0.750. The highest BCUT2D eigenvalue weighted by molar-refractivity contribution is 7.89. The number of halogens is 2. The summed E-state index contributed by atoms with van der Waals surface area (Å²) in [5, 5.41) is -0.223. The molecule has 1 saturated heterocycles. The van der Waals surface area contributed by atoms with Gasteiger partial charge in [0.2, 0.25) is 15.9 Å². The van der Waals surface area contributed by atoms with Crippen LogP contribution in [-0.4, -0.2) is 61.9 Å². The van der Waals surface area contributed by atoms with Crippen molar-refractivity contribution >= 4 is 27.5 Å². The van der Waals surface area contributed by atoms with E-state index in [-0.39, 0.29) is 33.3 Å². The fourth-order valence-electron chi connectivity index (χ4n) is 4.25. The third kappa shape index (κ3) is 5.52. The molecule has 1 aliphatic heterocycles. The highest BCUT2D eigenvalue weighted by Crippen LogP contribution is 2.28. The van der Waals surface area contributed by atoms with Crippen molar-refractivity contribution in [1.29, 1.82) is 0 Å². The van der Waals surface area contributed by atoms with E-state index in [1.165, 1.54) is 6.07 Å². The van der Waals surface area contributed by atoms with Gasteiger partial charge in [0, 0.05) is 43.7 Å². The van der Waals surface area contributed by atoms with Gasteiger partial charge >= 0.3 is 0 Å². The van der Waals surface area contributed by atoms with Crippen LogP contribution in [0.5, 0.6) is 0 Å². The standard InChI is InChI=1S/C21H31ClFN3O3S/c1-21(2,3)26-12-10-25(11-13-26)20(27)15-4-6-16(7-5-15)24-30(28,29)17-8-9-19(23)18(22)14-17/h8-9,14-16,24H,4-7,10-13H2,1-3H3. The molecule has 0 aromatic heterocycles. The van der Waals surface area contributed by atoms with Crippen molar-refractivity contribution in [1.82, 2.24) is 14.5 Å². The number of nitrogens with zero attached hydrogens (tertiary/aromatic N) is 2. The molecule has 1 saturated carbocycles. The second kappa shape index (κ2) is 9.10. The van der Waals surface area contributed by atoms with Crippen molar-refractivity contribution in [2.45, 2.75) is 62.9 Å². The first-order valence-electron chi connectivity index (χ1n) is 10.5. The van der Waals surface area contributed by atoms with Gasteiger partial charge in [0.25, 0.3) is 0 Å². The number of carbonyl (C=O) groups is 1. The van der Waals surface area contributed by atoms with Crippen LogP contribution in [0.4, 0.5) is 4.39 Å².